The SMILES string of the molecule is CCC(=O)OC(CC)C(=O)OOC(C)=O.O=C1CN1. The lowest BCUT2D eigenvalue weighted by Gasteiger charge is -2.12. The lowest BCUT2D eigenvalue weighted by Crippen LogP contribution is -2.28. The van der Waals surface area contributed by atoms with E-state index in [2.05, 4.69) is 15.1 Å². The Hall–Kier alpha value is -2.12. The molecule has 1 aliphatic rings. The van der Waals surface area contributed by atoms with Crippen LogP contribution in [-0.2, 0) is 33.7 Å². The van der Waals surface area contributed by atoms with Gasteiger partial charge in [0.25, 0.3) is 0 Å². The second-order valence-corrected chi connectivity index (χ2v) is 3.49. The molecule has 1 fully saturated rings. The number of rotatable bonds is 4. The number of esters is 1. The van der Waals surface area contributed by atoms with Gasteiger partial charge in [0.15, 0.2) is 0 Å². The lowest BCUT2D eigenvalue weighted by atomic mass is 10.3. The molecule has 0 saturated carbocycles. The zero-order chi connectivity index (χ0) is 14.8. The third-order valence-corrected chi connectivity index (χ3v) is 1.76. The minimum Gasteiger partial charge on any atom is -0.450 e. The summed E-state index contributed by atoms with van der Waals surface area (Å²) in [5.74, 6) is -1.99. The van der Waals surface area contributed by atoms with Crippen LogP contribution in [-0.4, -0.2) is 36.5 Å². The summed E-state index contributed by atoms with van der Waals surface area (Å²) in [6.07, 6.45) is -0.611. The Morgan fingerprint density at radius 3 is 2.11 bits per heavy atom. The zero-order valence-corrected chi connectivity index (χ0v) is 11.1. The van der Waals surface area contributed by atoms with Gasteiger partial charge in [-0.25, -0.2) is 19.4 Å². The molecule has 0 spiro atoms. The van der Waals surface area contributed by atoms with Crippen molar-refractivity contribution < 1.29 is 33.7 Å². The zero-order valence-electron chi connectivity index (χ0n) is 11.1. The fourth-order valence-corrected chi connectivity index (χ4v) is 0.730. The van der Waals surface area contributed by atoms with Crippen molar-refractivity contribution in [1.82, 2.24) is 5.32 Å². The van der Waals surface area contributed by atoms with E-state index in [4.69, 9.17) is 4.74 Å². The predicted molar refractivity (Wildman–Crippen MR) is 61.3 cm³/mol. The first kappa shape index (κ1) is 16.9. The molecule has 1 amide bonds. The van der Waals surface area contributed by atoms with E-state index >= 15 is 0 Å². The van der Waals surface area contributed by atoms with E-state index in [0.29, 0.717) is 6.54 Å². The Bertz CT molecular complexity index is 347. The summed E-state index contributed by atoms with van der Waals surface area (Å²) in [7, 11) is 0. The van der Waals surface area contributed by atoms with E-state index < -0.39 is 24.0 Å². The molecule has 1 saturated heterocycles. The molecule has 1 unspecified atom stereocenters. The fourth-order valence-electron chi connectivity index (χ4n) is 0.730. The van der Waals surface area contributed by atoms with Crippen LogP contribution in [0.25, 0.3) is 0 Å². The highest BCUT2D eigenvalue weighted by atomic mass is 17.2. The first-order valence-corrected chi connectivity index (χ1v) is 5.75. The molecule has 0 bridgehead atoms. The van der Waals surface area contributed by atoms with Gasteiger partial charge >= 0.3 is 17.9 Å². The Balaban J connectivity index is 0.000000678. The molecule has 0 aromatic heterocycles. The van der Waals surface area contributed by atoms with Gasteiger partial charge in [-0.1, -0.05) is 13.8 Å². The van der Waals surface area contributed by atoms with Crippen molar-refractivity contribution in [2.45, 2.75) is 39.7 Å². The van der Waals surface area contributed by atoms with Crippen LogP contribution >= 0.6 is 0 Å². The maximum Gasteiger partial charge on any atom is 0.395 e. The average molecular weight is 275 g/mol. The summed E-state index contributed by atoms with van der Waals surface area (Å²) < 4.78 is 4.74. The van der Waals surface area contributed by atoms with Crippen LogP contribution in [0.5, 0.6) is 0 Å². The standard InChI is InChI=1S/C9H14O6.C2H3NO/c1-4-7(13-8(11)5-2)9(12)15-14-6(3)10;4-2-1-3-2/h7H,4-5H2,1-3H3;1H2,(H,3,4). The molecule has 1 atom stereocenters. The first-order chi connectivity index (χ1) is 8.90. The van der Waals surface area contributed by atoms with E-state index in [0.717, 1.165) is 6.92 Å². The number of amides is 1. The van der Waals surface area contributed by atoms with Gasteiger partial charge in [0, 0.05) is 13.3 Å². The monoisotopic (exact) mass is 275 g/mol. The van der Waals surface area contributed by atoms with Crippen molar-refractivity contribution >= 4 is 23.8 Å². The highest BCUT2D eigenvalue weighted by molar-refractivity contribution is 5.91. The Labute approximate surface area is 110 Å². The van der Waals surface area contributed by atoms with E-state index in [1.165, 1.54) is 0 Å². The summed E-state index contributed by atoms with van der Waals surface area (Å²) in [4.78, 5) is 50.0. The third-order valence-electron chi connectivity index (χ3n) is 1.76. The predicted octanol–water partition coefficient (Wildman–Crippen LogP) is -0.144. The number of carbonyl (C=O) groups excluding carboxylic acids is 4. The molecule has 0 aliphatic carbocycles. The molecule has 8 heteroatoms. The van der Waals surface area contributed by atoms with Crippen LogP contribution in [0.1, 0.15) is 33.6 Å². The van der Waals surface area contributed by atoms with E-state index in [1.54, 1.807) is 13.8 Å². The van der Waals surface area contributed by atoms with Gasteiger partial charge < -0.3 is 10.1 Å². The second kappa shape index (κ2) is 8.90. The molecule has 19 heavy (non-hydrogen) atoms. The van der Waals surface area contributed by atoms with Gasteiger partial charge in [-0.2, -0.15) is 0 Å². The number of carbonyl (C=O) groups is 4. The summed E-state index contributed by atoms with van der Waals surface area (Å²) in [5, 5.41) is 2.46. The molecule has 1 rings (SSSR count). The smallest absolute Gasteiger partial charge is 0.395 e. The van der Waals surface area contributed by atoms with Crippen molar-refractivity contribution in [3.05, 3.63) is 0 Å². The molecule has 1 heterocycles. The summed E-state index contributed by atoms with van der Waals surface area (Å²) in [5.41, 5.74) is 0. The quantitative estimate of drug-likeness (QED) is 0.328. The van der Waals surface area contributed by atoms with Crippen LogP contribution < -0.4 is 5.32 Å². The van der Waals surface area contributed by atoms with Crippen LogP contribution in [0.15, 0.2) is 0 Å². The van der Waals surface area contributed by atoms with Gasteiger partial charge in [-0.15, -0.1) is 0 Å². The topological polar surface area (TPSA) is 118 Å². The number of ether oxygens (including phenoxy) is 1. The van der Waals surface area contributed by atoms with Crippen LogP contribution in [0.3, 0.4) is 0 Å². The van der Waals surface area contributed by atoms with Gasteiger partial charge in [0.05, 0.1) is 6.54 Å². The fraction of sp³-hybridized carbons (Fsp3) is 0.636. The molecular formula is C11H17NO7. The number of hydrogen-bond donors (Lipinski definition) is 1. The summed E-state index contributed by atoms with van der Waals surface area (Å²) >= 11 is 0. The first-order valence-electron chi connectivity index (χ1n) is 5.75. The summed E-state index contributed by atoms with van der Waals surface area (Å²) in [6.45, 7) is 4.93. The molecular weight excluding hydrogens is 258 g/mol. The Morgan fingerprint density at radius 2 is 1.79 bits per heavy atom. The van der Waals surface area contributed by atoms with Crippen molar-refractivity contribution in [2.75, 3.05) is 6.54 Å². The number of nitrogens with one attached hydrogen (secondary N) is 1. The highest BCUT2D eigenvalue weighted by Crippen LogP contribution is 2.03. The normalized spacial score (nSPS) is 13.1. The highest BCUT2D eigenvalue weighted by Gasteiger charge is 2.23. The van der Waals surface area contributed by atoms with Gasteiger partial charge in [-0.3, -0.25) is 9.59 Å². The van der Waals surface area contributed by atoms with Crippen molar-refractivity contribution in [3.63, 3.8) is 0 Å². The number of hydrogen-bond acceptors (Lipinski definition) is 7. The van der Waals surface area contributed by atoms with Gasteiger partial charge in [-0.05, 0) is 6.42 Å². The largest absolute Gasteiger partial charge is 0.450 e. The maximum atomic E-state index is 11.2. The van der Waals surface area contributed by atoms with E-state index in [1.807, 2.05) is 0 Å². The Morgan fingerprint density at radius 1 is 1.26 bits per heavy atom. The van der Waals surface area contributed by atoms with Crippen molar-refractivity contribution in [1.29, 1.82) is 0 Å². The van der Waals surface area contributed by atoms with E-state index in [9.17, 15) is 19.2 Å². The van der Waals surface area contributed by atoms with Crippen molar-refractivity contribution in [2.24, 2.45) is 0 Å². The third kappa shape index (κ3) is 9.57. The molecule has 0 aromatic carbocycles. The molecule has 108 valence electrons. The van der Waals surface area contributed by atoms with Gasteiger partial charge in [0.1, 0.15) is 0 Å². The van der Waals surface area contributed by atoms with Crippen LogP contribution in [0, 0.1) is 0 Å². The average Bonchev–Trinajstić information content (AvgIpc) is 3.15. The summed E-state index contributed by atoms with van der Waals surface area (Å²) in [6, 6.07) is 0. The molecule has 0 aromatic rings. The molecule has 8 nitrogen and oxygen atoms in total. The van der Waals surface area contributed by atoms with Crippen LogP contribution in [0.2, 0.25) is 0 Å². The minimum atomic E-state index is -1.03. The Kier molecular flexibility index (Phi) is 7.90. The minimum absolute atomic E-state index is 0.164. The van der Waals surface area contributed by atoms with Gasteiger partial charge in [0.2, 0.25) is 12.0 Å². The van der Waals surface area contributed by atoms with Crippen molar-refractivity contribution in [3.8, 4) is 0 Å². The molecule has 0 radical (unpaired) electrons. The maximum absolute atomic E-state index is 11.2. The van der Waals surface area contributed by atoms with E-state index in [-0.39, 0.29) is 18.7 Å². The molecule has 1 aliphatic heterocycles. The van der Waals surface area contributed by atoms with Crippen LogP contribution in [0.4, 0.5) is 0 Å². The molecule has 1 N–H and O–H groups in total. The lowest BCUT2D eigenvalue weighted by molar-refractivity contribution is -0.263. The second-order valence-electron chi connectivity index (χ2n) is 3.49.